The Balaban J connectivity index is 2.27. The Kier molecular flexibility index (Phi) is 5.25. The van der Waals surface area contributed by atoms with Crippen LogP contribution < -0.4 is 5.32 Å². The van der Waals surface area contributed by atoms with Crippen molar-refractivity contribution in [3.63, 3.8) is 0 Å². The van der Waals surface area contributed by atoms with Crippen LogP contribution in [0.3, 0.4) is 0 Å². The normalized spacial score (nSPS) is 10.7. The van der Waals surface area contributed by atoms with Crippen molar-refractivity contribution in [1.29, 1.82) is 0 Å². The lowest BCUT2D eigenvalue weighted by Crippen LogP contribution is -2.09. The molecular formula is C10H18N2O2. The molecule has 1 aromatic rings. The maximum absolute atomic E-state index is 5.53. The lowest BCUT2D eigenvalue weighted by atomic mass is 10.3. The van der Waals surface area contributed by atoms with E-state index in [9.17, 15) is 0 Å². The summed E-state index contributed by atoms with van der Waals surface area (Å²) < 4.78 is 10.5. The van der Waals surface area contributed by atoms with E-state index in [1.807, 2.05) is 7.05 Å². The van der Waals surface area contributed by atoms with Gasteiger partial charge in [0, 0.05) is 33.1 Å². The number of hydrogen-bond donors (Lipinski definition) is 1. The summed E-state index contributed by atoms with van der Waals surface area (Å²) in [5, 5.41) is 3.07. The lowest BCUT2D eigenvalue weighted by molar-refractivity contribution is 0.192. The van der Waals surface area contributed by atoms with Crippen molar-refractivity contribution in [3.05, 3.63) is 17.8 Å². The molecule has 0 atom stereocenters. The van der Waals surface area contributed by atoms with E-state index in [2.05, 4.69) is 10.3 Å². The minimum absolute atomic E-state index is 0.758. The summed E-state index contributed by atoms with van der Waals surface area (Å²) in [4.78, 5) is 4.19. The average Bonchev–Trinajstić information content (AvgIpc) is 2.63. The fourth-order valence-corrected chi connectivity index (χ4v) is 1.20. The van der Waals surface area contributed by atoms with Crippen molar-refractivity contribution in [2.75, 3.05) is 27.3 Å². The minimum Gasteiger partial charge on any atom is -0.446 e. The molecule has 80 valence electrons. The molecule has 0 spiro atoms. The maximum atomic E-state index is 5.53. The summed E-state index contributed by atoms with van der Waals surface area (Å²) >= 11 is 0. The number of nitrogens with one attached hydrogen (secondary N) is 1. The highest BCUT2D eigenvalue weighted by Gasteiger charge is 2.02. The van der Waals surface area contributed by atoms with Crippen LogP contribution in [0, 0.1) is 0 Å². The molecule has 0 aliphatic rings. The Morgan fingerprint density at radius 3 is 3.07 bits per heavy atom. The number of aromatic nitrogens is 1. The first-order valence-corrected chi connectivity index (χ1v) is 4.94. The molecule has 0 amide bonds. The Labute approximate surface area is 84.7 Å². The molecule has 0 saturated carbocycles. The molecule has 1 N–H and O–H groups in total. The summed E-state index contributed by atoms with van der Waals surface area (Å²) in [7, 11) is 3.63. The number of oxazole rings is 1. The number of aryl methyl sites for hydroxylation is 1. The van der Waals surface area contributed by atoms with E-state index in [-0.39, 0.29) is 0 Å². The van der Waals surface area contributed by atoms with Crippen LogP contribution in [-0.2, 0) is 17.6 Å². The molecule has 0 bridgehead atoms. The Morgan fingerprint density at radius 2 is 2.36 bits per heavy atom. The van der Waals surface area contributed by atoms with Gasteiger partial charge in [-0.1, -0.05) is 0 Å². The molecule has 0 aliphatic carbocycles. The summed E-state index contributed by atoms with van der Waals surface area (Å²) in [6, 6.07) is 0. The topological polar surface area (TPSA) is 47.3 Å². The first-order valence-electron chi connectivity index (χ1n) is 4.94. The Morgan fingerprint density at radius 1 is 1.50 bits per heavy atom. The molecule has 14 heavy (non-hydrogen) atoms. The van der Waals surface area contributed by atoms with Crippen molar-refractivity contribution in [1.82, 2.24) is 10.3 Å². The smallest absolute Gasteiger partial charge is 0.194 e. The number of nitrogens with zero attached hydrogens (tertiary/aromatic N) is 1. The summed E-state index contributed by atoms with van der Waals surface area (Å²) in [6.45, 7) is 1.68. The highest BCUT2D eigenvalue weighted by atomic mass is 16.5. The standard InChI is InChI=1S/C10H18N2O2/c1-11-6-5-9-8-12-10(14-9)4-3-7-13-2/h8,11H,3-7H2,1-2H3. The third kappa shape index (κ3) is 3.89. The number of hydrogen-bond acceptors (Lipinski definition) is 4. The van der Waals surface area contributed by atoms with Crippen LogP contribution in [0.5, 0.6) is 0 Å². The van der Waals surface area contributed by atoms with Crippen molar-refractivity contribution in [3.8, 4) is 0 Å². The molecule has 0 fully saturated rings. The zero-order valence-corrected chi connectivity index (χ0v) is 8.88. The molecule has 0 unspecified atom stereocenters. The quantitative estimate of drug-likeness (QED) is 0.664. The molecule has 1 rings (SSSR count). The molecule has 0 aliphatic heterocycles. The van der Waals surface area contributed by atoms with Gasteiger partial charge in [-0.25, -0.2) is 4.98 Å². The maximum Gasteiger partial charge on any atom is 0.194 e. The number of rotatable bonds is 7. The largest absolute Gasteiger partial charge is 0.446 e. The van der Waals surface area contributed by atoms with Gasteiger partial charge in [-0.2, -0.15) is 0 Å². The molecule has 0 saturated heterocycles. The van der Waals surface area contributed by atoms with Crippen molar-refractivity contribution < 1.29 is 9.15 Å². The Hall–Kier alpha value is -0.870. The van der Waals surface area contributed by atoms with E-state index >= 15 is 0 Å². The van der Waals surface area contributed by atoms with E-state index in [0.717, 1.165) is 44.1 Å². The molecule has 4 nitrogen and oxygen atoms in total. The average molecular weight is 198 g/mol. The molecule has 0 aromatic carbocycles. The fraction of sp³-hybridized carbons (Fsp3) is 0.700. The van der Waals surface area contributed by atoms with Crippen LogP contribution in [0.25, 0.3) is 0 Å². The van der Waals surface area contributed by atoms with Gasteiger partial charge in [0.1, 0.15) is 5.76 Å². The number of methoxy groups -OCH3 is 1. The zero-order chi connectivity index (χ0) is 10.2. The van der Waals surface area contributed by atoms with Crippen LogP contribution in [0.15, 0.2) is 10.6 Å². The summed E-state index contributed by atoms with van der Waals surface area (Å²) in [5.74, 6) is 1.76. The summed E-state index contributed by atoms with van der Waals surface area (Å²) in [5.41, 5.74) is 0. The minimum atomic E-state index is 0.758. The predicted molar refractivity (Wildman–Crippen MR) is 54.3 cm³/mol. The van der Waals surface area contributed by atoms with Crippen LogP contribution in [0.2, 0.25) is 0 Å². The van der Waals surface area contributed by atoms with Gasteiger partial charge in [0.15, 0.2) is 5.89 Å². The lowest BCUT2D eigenvalue weighted by Gasteiger charge is -1.96. The SMILES string of the molecule is CNCCc1cnc(CCCOC)o1. The fourth-order valence-electron chi connectivity index (χ4n) is 1.20. The van der Waals surface area contributed by atoms with Crippen molar-refractivity contribution in [2.45, 2.75) is 19.3 Å². The van der Waals surface area contributed by atoms with Gasteiger partial charge in [0.2, 0.25) is 0 Å². The first-order chi connectivity index (χ1) is 6.86. The molecule has 1 heterocycles. The van der Waals surface area contributed by atoms with Gasteiger partial charge in [-0.15, -0.1) is 0 Å². The van der Waals surface area contributed by atoms with Gasteiger partial charge in [-0.3, -0.25) is 0 Å². The van der Waals surface area contributed by atoms with Crippen LogP contribution in [0.1, 0.15) is 18.1 Å². The van der Waals surface area contributed by atoms with Crippen molar-refractivity contribution >= 4 is 0 Å². The summed E-state index contributed by atoms with van der Waals surface area (Å²) in [6.07, 6.45) is 4.52. The molecule has 1 aromatic heterocycles. The van der Waals surface area contributed by atoms with Gasteiger partial charge in [-0.05, 0) is 13.5 Å². The zero-order valence-electron chi connectivity index (χ0n) is 8.88. The second-order valence-electron chi connectivity index (χ2n) is 3.17. The van der Waals surface area contributed by atoms with Crippen LogP contribution >= 0.6 is 0 Å². The van der Waals surface area contributed by atoms with Gasteiger partial charge in [0.05, 0.1) is 6.20 Å². The van der Waals surface area contributed by atoms with E-state index in [1.165, 1.54) is 0 Å². The van der Waals surface area contributed by atoms with E-state index in [4.69, 9.17) is 9.15 Å². The third-order valence-electron chi connectivity index (χ3n) is 1.96. The number of likely N-dealkylation sites (N-methyl/N-ethyl adjacent to an activating group) is 1. The first kappa shape index (κ1) is 11.2. The third-order valence-corrected chi connectivity index (χ3v) is 1.96. The highest BCUT2D eigenvalue weighted by Crippen LogP contribution is 2.06. The van der Waals surface area contributed by atoms with Crippen LogP contribution in [0.4, 0.5) is 0 Å². The van der Waals surface area contributed by atoms with Crippen molar-refractivity contribution in [2.24, 2.45) is 0 Å². The number of ether oxygens (including phenoxy) is 1. The highest BCUT2D eigenvalue weighted by molar-refractivity contribution is 4.94. The van der Waals surface area contributed by atoms with Gasteiger partial charge >= 0.3 is 0 Å². The Bertz CT molecular complexity index is 248. The second-order valence-corrected chi connectivity index (χ2v) is 3.17. The van der Waals surface area contributed by atoms with Crippen LogP contribution in [-0.4, -0.2) is 32.3 Å². The molecule has 4 heteroatoms. The molecule has 0 radical (unpaired) electrons. The van der Waals surface area contributed by atoms with E-state index in [0.29, 0.717) is 0 Å². The molecular weight excluding hydrogens is 180 g/mol. The van der Waals surface area contributed by atoms with Gasteiger partial charge in [0.25, 0.3) is 0 Å². The van der Waals surface area contributed by atoms with E-state index in [1.54, 1.807) is 13.3 Å². The monoisotopic (exact) mass is 198 g/mol. The predicted octanol–water partition coefficient (Wildman–Crippen LogP) is 1.02. The van der Waals surface area contributed by atoms with Gasteiger partial charge < -0.3 is 14.5 Å². The second kappa shape index (κ2) is 6.56. The van der Waals surface area contributed by atoms with E-state index < -0.39 is 0 Å².